The summed E-state index contributed by atoms with van der Waals surface area (Å²) < 4.78 is 14.0. The predicted molar refractivity (Wildman–Crippen MR) is 79.5 cm³/mol. The Morgan fingerprint density at radius 1 is 0.909 bits per heavy atom. The molecule has 0 saturated carbocycles. The third-order valence-electron chi connectivity index (χ3n) is 3.18. The summed E-state index contributed by atoms with van der Waals surface area (Å²) in [6.45, 7) is 0. The summed E-state index contributed by atoms with van der Waals surface area (Å²) in [4.78, 5) is 18.7. The molecule has 0 N–H and O–H groups in total. The fraction of sp³-hybridized carbons (Fsp3) is 0. The lowest BCUT2D eigenvalue weighted by molar-refractivity contribution is -0.384. The molecule has 0 unspecified atom stereocenters. The maximum absolute atomic E-state index is 14.0. The molecule has 0 amide bonds. The Hall–Kier alpha value is -3.15. The number of nitro groups is 1. The summed E-state index contributed by atoms with van der Waals surface area (Å²) in [6, 6.07) is 12.2. The zero-order chi connectivity index (χ0) is 15.5. The van der Waals surface area contributed by atoms with Gasteiger partial charge in [-0.05, 0) is 24.3 Å². The first-order valence-electron chi connectivity index (χ1n) is 6.47. The predicted octanol–water partition coefficient (Wildman–Crippen LogP) is 3.86. The Kier molecular flexibility index (Phi) is 3.57. The largest absolute Gasteiger partial charge is 0.269 e. The van der Waals surface area contributed by atoms with Gasteiger partial charge in [-0.1, -0.05) is 12.1 Å². The summed E-state index contributed by atoms with van der Waals surface area (Å²) in [5.41, 5.74) is 1.83. The van der Waals surface area contributed by atoms with Crippen LogP contribution in [-0.2, 0) is 0 Å². The second kappa shape index (κ2) is 5.69. The van der Waals surface area contributed by atoms with Gasteiger partial charge in [0.2, 0.25) is 0 Å². The van der Waals surface area contributed by atoms with Crippen LogP contribution < -0.4 is 0 Å². The number of aromatic nitrogens is 2. The van der Waals surface area contributed by atoms with Crippen LogP contribution in [0, 0.1) is 15.9 Å². The molecule has 3 rings (SSSR count). The van der Waals surface area contributed by atoms with Crippen LogP contribution in [0.4, 0.5) is 10.1 Å². The van der Waals surface area contributed by atoms with E-state index in [4.69, 9.17) is 0 Å². The van der Waals surface area contributed by atoms with E-state index in [0.717, 1.165) is 0 Å². The maximum Gasteiger partial charge on any atom is 0.269 e. The molecule has 1 aromatic heterocycles. The standard InChI is InChI=1S/C16H10FN3O2/c17-14-4-2-1-3-13(14)16-15(18-9-10-19-16)11-5-7-12(8-6-11)20(21)22/h1-10H. The first kappa shape index (κ1) is 13.8. The van der Waals surface area contributed by atoms with E-state index in [1.807, 2.05) is 0 Å². The molecule has 0 saturated heterocycles. The number of non-ortho nitro benzene ring substituents is 1. The van der Waals surface area contributed by atoms with E-state index in [0.29, 0.717) is 22.5 Å². The van der Waals surface area contributed by atoms with E-state index in [1.54, 1.807) is 30.3 Å². The second-order valence-corrected chi connectivity index (χ2v) is 4.54. The molecule has 6 heteroatoms. The van der Waals surface area contributed by atoms with Crippen molar-refractivity contribution >= 4 is 5.69 Å². The number of hydrogen-bond acceptors (Lipinski definition) is 4. The average Bonchev–Trinajstić information content (AvgIpc) is 2.55. The molecule has 22 heavy (non-hydrogen) atoms. The lowest BCUT2D eigenvalue weighted by atomic mass is 10.0. The molecule has 0 aliphatic heterocycles. The van der Waals surface area contributed by atoms with Gasteiger partial charge in [0.1, 0.15) is 5.82 Å². The summed E-state index contributed by atoms with van der Waals surface area (Å²) in [7, 11) is 0. The Bertz CT molecular complexity index is 835. The minimum Gasteiger partial charge on any atom is -0.258 e. The van der Waals surface area contributed by atoms with Crippen LogP contribution >= 0.6 is 0 Å². The molecular formula is C16H10FN3O2. The van der Waals surface area contributed by atoms with E-state index in [9.17, 15) is 14.5 Å². The van der Waals surface area contributed by atoms with E-state index < -0.39 is 10.7 Å². The van der Waals surface area contributed by atoms with Gasteiger partial charge < -0.3 is 0 Å². The third kappa shape index (κ3) is 2.54. The third-order valence-corrected chi connectivity index (χ3v) is 3.18. The minimum atomic E-state index is -0.474. The van der Waals surface area contributed by atoms with Gasteiger partial charge in [0, 0.05) is 35.7 Å². The number of hydrogen-bond donors (Lipinski definition) is 0. The first-order valence-corrected chi connectivity index (χ1v) is 6.47. The van der Waals surface area contributed by atoms with Crippen LogP contribution in [-0.4, -0.2) is 14.9 Å². The lowest BCUT2D eigenvalue weighted by Gasteiger charge is -2.08. The summed E-state index contributed by atoms with van der Waals surface area (Å²) in [5, 5.41) is 10.7. The number of nitro benzene ring substituents is 1. The number of nitrogens with zero attached hydrogens (tertiary/aromatic N) is 3. The van der Waals surface area contributed by atoms with Crippen LogP contribution in [0.2, 0.25) is 0 Å². The molecular weight excluding hydrogens is 285 g/mol. The molecule has 0 bridgehead atoms. The monoisotopic (exact) mass is 295 g/mol. The van der Waals surface area contributed by atoms with Gasteiger partial charge in [-0.3, -0.25) is 20.1 Å². The van der Waals surface area contributed by atoms with Crippen molar-refractivity contribution in [1.29, 1.82) is 0 Å². The summed E-state index contributed by atoms with van der Waals surface area (Å²) >= 11 is 0. The maximum atomic E-state index is 14.0. The van der Waals surface area contributed by atoms with E-state index in [-0.39, 0.29) is 5.69 Å². The fourth-order valence-electron chi connectivity index (χ4n) is 2.14. The molecule has 2 aromatic carbocycles. The van der Waals surface area contributed by atoms with Crippen molar-refractivity contribution in [2.24, 2.45) is 0 Å². The van der Waals surface area contributed by atoms with Crippen molar-refractivity contribution in [3.63, 3.8) is 0 Å². The topological polar surface area (TPSA) is 68.9 Å². The quantitative estimate of drug-likeness (QED) is 0.543. The summed E-state index contributed by atoms with van der Waals surface area (Å²) in [6.07, 6.45) is 2.98. The molecule has 0 fully saturated rings. The first-order chi connectivity index (χ1) is 10.7. The van der Waals surface area contributed by atoms with Crippen molar-refractivity contribution in [1.82, 2.24) is 9.97 Å². The zero-order valence-electron chi connectivity index (χ0n) is 11.3. The van der Waals surface area contributed by atoms with E-state index >= 15 is 0 Å². The van der Waals surface area contributed by atoms with Crippen molar-refractivity contribution in [3.8, 4) is 22.5 Å². The fourth-order valence-corrected chi connectivity index (χ4v) is 2.14. The number of halogens is 1. The van der Waals surface area contributed by atoms with Gasteiger partial charge in [0.05, 0.1) is 16.3 Å². The van der Waals surface area contributed by atoms with Gasteiger partial charge >= 0.3 is 0 Å². The average molecular weight is 295 g/mol. The zero-order valence-corrected chi connectivity index (χ0v) is 11.3. The van der Waals surface area contributed by atoms with Crippen molar-refractivity contribution in [2.75, 3.05) is 0 Å². The van der Waals surface area contributed by atoms with Crippen LogP contribution in [0.1, 0.15) is 0 Å². The molecule has 3 aromatic rings. The van der Waals surface area contributed by atoms with Gasteiger partial charge in [0.15, 0.2) is 0 Å². The van der Waals surface area contributed by atoms with Crippen LogP contribution in [0.5, 0.6) is 0 Å². The number of benzene rings is 2. The molecule has 1 heterocycles. The molecule has 0 spiro atoms. The van der Waals surface area contributed by atoms with Crippen LogP contribution in [0.15, 0.2) is 60.9 Å². The van der Waals surface area contributed by atoms with Gasteiger partial charge in [0.25, 0.3) is 5.69 Å². The van der Waals surface area contributed by atoms with Gasteiger partial charge in [-0.2, -0.15) is 0 Å². The van der Waals surface area contributed by atoms with E-state index in [2.05, 4.69) is 9.97 Å². The molecule has 108 valence electrons. The molecule has 0 aliphatic rings. The second-order valence-electron chi connectivity index (χ2n) is 4.54. The highest BCUT2D eigenvalue weighted by Gasteiger charge is 2.14. The van der Waals surface area contributed by atoms with Crippen molar-refractivity contribution < 1.29 is 9.31 Å². The minimum absolute atomic E-state index is 0.0138. The molecule has 0 radical (unpaired) electrons. The van der Waals surface area contributed by atoms with Crippen LogP contribution in [0.25, 0.3) is 22.5 Å². The highest BCUT2D eigenvalue weighted by atomic mass is 19.1. The lowest BCUT2D eigenvalue weighted by Crippen LogP contribution is -1.95. The van der Waals surface area contributed by atoms with Crippen molar-refractivity contribution in [2.45, 2.75) is 0 Å². The van der Waals surface area contributed by atoms with Gasteiger partial charge in [-0.25, -0.2) is 4.39 Å². The number of rotatable bonds is 3. The molecule has 0 aliphatic carbocycles. The van der Waals surface area contributed by atoms with E-state index in [1.165, 1.54) is 30.6 Å². The van der Waals surface area contributed by atoms with Crippen molar-refractivity contribution in [3.05, 3.63) is 76.9 Å². The summed E-state index contributed by atoms with van der Waals surface area (Å²) in [5.74, 6) is -0.397. The Morgan fingerprint density at radius 2 is 1.55 bits per heavy atom. The normalized spacial score (nSPS) is 10.4. The van der Waals surface area contributed by atoms with Gasteiger partial charge in [-0.15, -0.1) is 0 Å². The molecule has 0 atom stereocenters. The Labute approximate surface area is 125 Å². The molecule has 5 nitrogen and oxygen atoms in total. The SMILES string of the molecule is O=[N+]([O-])c1ccc(-c2nccnc2-c2ccccc2F)cc1. The van der Waals surface area contributed by atoms with Crippen LogP contribution in [0.3, 0.4) is 0 Å². The highest BCUT2D eigenvalue weighted by Crippen LogP contribution is 2.30. The highest BCUT2D eigenvalue weighted by molar-refractivity contribution is 5.78. The smallest absolute Gasteiger partial charge is 0.258 e. The Balaban J connectivity index is 2.13. The Morgan fingerprint density at radius 3 is 2.18 bits per heavy atom.